The quantitative estimate of drug-likeness (QED) is 0.627. The number of amidine groups is 1. The third kappa shape index (κ3) is 1.01. The van der Waals surface area contributed by atoms with Crippen molar-refractivity contribution >= 4 is 11.8 Å². The first-order valence-electron chi connectivity index (χ1n) is 4.94. The maximum absolute atomic E-state index is 8.90. The number of nitriles is 1. The molecular formula is C9H10N6O. The number of fused-ring (bicyclic) bond motifs is 3. The van der Waals surface area contributed by atoms with Crippen molar-refractivity contribution in [1.82, 2.24) is 9.55 Å². The molecule has 16 heavy (non-hydrogen) atoms. The molecule has 0 aliphatic carbocycles. The van der Waals surface area contributed by atoms with Crippen molar-refractivity contribution in [2.24, 2.45) is 10.7 Å². The van der Waals surface area contributed by atoms with Gasteiger partial charge < -0.3 is 15.8 Å². The summed E-state index contributed by atoms with van der Waals surface area (Å²) in [6.45, 7) is 1.96. The van der Waals surface area contributed by atoms with Gasteiger partial charge in [0.1, 0.15) is 11.9 Å². The normalized spacial score (nSPS) is 30.5. The highest BCUT2D eigenvalue weighted by Crippen LogP contribution is 2.35. The fourth-order valence-corrected chi connectivity index (χ4v) is 2.10. The Kier molecular flexibility index (Phi) is 1.63. The Balaban J connectivity index is 2.12. The fraction of sp³-hybridized carbons (Fsp3) is 0.444. The Labute approximate surface area is 91.5 Å². The number of nitrogens with one attached hydrogen (secondary N) is 1. The molecule has 0 radical (unpaired) electrons. The lowest BCUT2D eigenvalue weighted by atomic mass is 10.1. The first-order valence-corrected chi connectivity index (χ1v) is 4.94. The van der Waals surface area contributed by atoms with Crippen molar-refractivity contribution in [3.05, 3.63) is 12.0 Å². The highest BCUT2D eigenvalue weighted by atomic mass is 16.5. The van der Waals surface area contributed by atoms with Gasteiger partial charge in [-0.25, -0.2) is 9.98 Å². The number of aliphatic imine (C=N–C) groups is 1. The Hall–Kier alpha value is -2.23. The van der Waals surface area contributed by atoms with Crippen LogP contribution in [0, 0.1) is 11.3 Å². The lowest BCUT2D eigenvalue weighted by molar-refractivity contribution is 0.137. The van der Waals surface area contributed by atoms with Gasteiger partial charge >= 0.3 is 0 Å². The fourth-order valence-electron chi connectivity index (χ4n) is 2.10. The zero-order chi connectivity index (χ0) is 11.3. The van der Waals surface area contributed by atoms with E-state index < -0.39 is 0 Å². The van der Waals surface area contributed by atoms with E-state index in [1.54, 1.807) is 10.9 Å². The second-order valence-corrected chi connectivity index (χ2v) is 3.86. The van der Waals surface area contributed by atoms with Crippen molar-refractivity contribution < 1.29 is 4.74 Å². The first-order chi connectivity index (χ1) is 7.70. The number of imidazole rings is 1. The zero-order valence-corrected chi connectivity index (χ0v) is 8.58. The van der Waals surface area contributed by atoms with Crippen LogP contribution in [0.5, 0.6) is 0 Å². The van der Waals surface area contributed by atoms with E-state index in [9.17, 15) is 0 Å². The second-order valence-electron chi connectivity index (χ2n) is 3.86. The van der Waals surface area contributed by atoms with Crippen LogP contribution in [0.3, 0.4) is 0 Å². The number of rotatable bonds is 0. The van der Waals surface area contributed by atoms with E-state index in [4.69, 9.17) is 15.7 Å². The minimum atomic E-state index is -0.221. The van der Waals surface area contributed by atoms with E-state index in [-0.39, 0.29) is 24.3 Å². The number of ether oxygens (including phenoxy) is 1. The van der Waals surface area contributed by atoms with Crippen molar-refractivity contribution in [2.45, 2.75) is 25.2 Å². The molecule has 1 aromatic rings. The lowest BCUT2D eigenvalue weighted by Crippen LogP contribution is -2.42. The first kappa shape index (κ1) is 9.03. The van der Waals surface area contributed by atoms with Crippen molar-refractivity contribution in [2.75, 3.05) is 5.32 Å². The average molecular weight is 218 g/mol. The SMILES string of the molecule is CC1Nc2c(C#N)ncn2[C@@H]2N=C(N)O[C@H]12. The van der Waals surface area contributed by atoms with Crippen LogP contribution in [0.2, 0.25) is 0 Å². The molecule has 0 amide bonds. The van der Waals surface area contributed by atoms with Gasteiger partial charge in [0.05, 0.1) is 12.4 Å². The third-order valence-electron chi connectivity index (χ3n) is 2.85. The summed E-state index contributed by atoms with van der Waals surface area (Å²) < 4.78 is 7.19. The summed E-state index contributed by atoms with van der Waals surface area (Å²) >= 11 is 0. The number of anilines is 1. The van der Waals surface area contributed by atoms with Gasteiger partial charge in [0, 0.05) is 0 Å². The van der Waals surface area contributed by atoms with Gasteiger partial charge in [-0.05, 0) is 6.92 Å². The standard InChI is InChI=1S/C9H10N6O/c1-4-6-8(14-9(11)16-6)15-3-12-5(2-10)7(15)13-4/h3-4,6,8,13H,1H3,(H2,11,14)/t4?,6-,8+/m1/s1. The maximum Gasteiger partial charge on any atom is 0.284 e. The van der Waals surface area contributed by atoms with E-state index in [2.05, 4.69) is 15.3 Å². The van der Waals surface area contributed by atoms with Gasteiger partial charge in [-0.2, -0.15) is 5.26 Å². The van der Waals surface area contributed by atoms with Crippen LogP contribution >= 0.6 is 0 Å². The molecule has 82 valence electrons. The molecular weight excluding hydrogens is 208 g/mol. The van der Waals surface area contributed by atoms with Crippen molar-refractivity contribution in [3.63, 3.8) is 0 Å². The number of hydrogen-bond donors (Lipinski definition) is 2. The smallest absolute Gasteiger partial charge is 0.284 e. The van der Waals surface area contributed by atoms with Crippen LogP contribution in [0.15, 0.2) is 11.3 Å². The summed E-state index contributed by atoms with van der Waals surface area (Å²) in [7, 11) is 0. The van der Waals surface area contributed by atoms with E-state index in [0.29, 0.717) is 11.5 Å². The highest BCUT2D eigenvalue weighted by molar-refractivity contribution is 5.74. The molecule has 1 aromatic heterocycles. The lowest BCUT2D eigenvalue weighted by Gasteiger charge is -2.31. The molecule has 2 aliphatic heterocycles. The predicted octanol–water partition coefficient (Wildman–Crippen LogP) is -0.219. The summed E-state index contributed by atoms with van der Waals surface area (Å²) in [5, 5.41) is 12.1. The van der Waals surface area contributed by atoms with Crippen LogP contribution in [0.25, 0.3) is 0 Å². The molecule has 7 nitrogen and oxygen atoms in total. The van der Waals surface area contributed by atoms with Gasteiger partial charge in [-0.3, -0.25) is 4.57 Å². The van der Waals surface area contributed by atoms with Crippen molar-refractivity contribution in [1.29, 1.82) is 5.26 Å². The molecule has 0 bridgehead atoms. The number of aromatic nitrogens is 2. The van der Waals surface area contributed by atoms with Crippen LogP contribution in [-0.2, 0) is 4.74 Å². The monoisotopic (exact) mass is 218 g/mol. The molecule has 0 aromatic carbocycles. The topological polar surface area (TPSA) is 101 Å². The minimum Gasteiger partial charge on any atom is -0.456 e. The molecule has 0 saturated heterocycles. The Morgan fingerprint density at radius 1 is 1.69 bits per heavy atom. The molecule has 3 N–H and O–H groups in total. The van der Waals surface area contributed by atoms with E-state index in [1.165, 1.54) is 0 Å². The predicted molar refractivity (Wildman–Crippen MR) is 55.6 cm³/mol. The van der Waals surface area contributed by atoms with Gasteiger partial charge in [0.15, 0.2) is 18.0 Å². The van der Waals surface area contributed by atoms with Gasteiger partial charge in [0.25, 0.3) is 6.02 Å². The maximum atomic E-state index is 8.90. The van der Waals surface area contributed by atoms with Crippen LogP contribution in [-0.4, -0.2) is 27.7 Å². The number of nitrogens with two attached hydrogens (primary N) is 1. The third-order valence-corrected chi connectivity index (χ3v) is 2.85. The Morgan fingerprint density at radius 3 is 3.25 bits per heavy atom. The highest BCUT2D eigenvalue weighted by Gasteiger charge is 2.41. The van der Waals surface area contributed by atoms with E-state index in [1.807, 2.05) is 13.0 Å². The van der Waals surface area contributed by atoms with Gasteiger partial charge in [-0.15, -0.1) is 0 Å². The number of hydrogen-bond acceptors (Lipinski definition) is 6. The molecule has 3 heterocycles. The minimum absolute atomic E-state index is 0.0334. The van der Waals surface area contributed by atoms with E-state index >= 15 is 0 Å². The summed E-state index contributed by atoms with van der Waals surface area (Å²) in [5.74, 6) is 0.679. The number of nitrogens with zero attached hydrogens (tertiary/aromatic N) is 4. The van der Waals surface area contributed by atoms with Crippen LogP contribution in [0.4, 0.5) is 5.82 Å². The molecule has 3 rings (SSSR count). The molecule has 7 heteroatoms. The Bertz CT molecular complexity index is 513. The molecule has 3 atom stereocenters. The molecule has 0 fully saturated rings. The van der Waals surface area contributed by atoms with Gasteiger partial charge in [-0.1, -0.05) is 0 Å². The molecule has 0 spiro atoms. The van der Waals surface area contributed by atoms with E-state index in [0.717, 1.165) is 0 Å². The van der Waals surface area contributed by atoms with Gasteiger partial charge in [0.2, 0.25) is 0 Å². The summed E-state index contributed by atoms with van der Waals surface area (Å²) in [6.07, 6.45) is 1.21. The molecule has 2 aliphatic rings. The summed E-state index contributed by atoms with van der Waals surface area (Å²) in [4.78, 5) is 8.21. The van der Waals surface area contributed by atoms with Crippen LogP contribution < -0.4 is 11.1 Å². The average Bonchev–Trinajstić information content (AvgIpc) is 2.81. The van der Waals surface area contributed by atoms with Crippen LogP contribution in [0.1, 0.15) is 18.8 Å². The molecule has 0 saturated carbocycles. The summed E-state index contributed by atoms with van der Waals surface area (Å²) in [6, 6.07) is 2.25. The zero-order valence-electron chi connectivity index (χ0n) is 8.58. The second kappa shape index (κ2) is 2.88. The Morgan fingerprint density at radius 2 is 2.50 bits per heavy atom. The largest absolute Gasteiger partial charge is 0.456 e. The summed E-state index contributed by atoms with van der Waals surface area (Å²) in [5.41, 5.74) is 5.92. The van der Waals surface area contributed by atoms with Crippen molar-refractivity contribution in [3.8, 4) is 6.07 Å². The molecule has 1 unspecified atom stereocenters.